The molecule has 0 spiro atoms. The molecule has 0 aliphatic carbocycles. The van der Waals surface area contributed by atoms with Gasteiger partial charge in [0, 0.05) is 38.7 Å². The Bertz CT molecular complexity index is 1110. The summed E-state index contributed by atoms with van der Waals surface area (Å²) >= 11 is 0. The summed E-state index contributed by atoms with van der Waals surface area (Å²) in [6, 6.07) is 9.81. The summed E-state index contributed by atoms with van der Waals surface area (Å²) in [5.41, 5.74) is 2.31. The Balaban J connectivity index is 1.07. The van der Waals surface area contributed by atoms with Crippen LogP contribution in [0.15, 0.2) is 30.3 Å². The van der Waals surface area contributed by atoms with Crippen LogP contribution in [0, 0.1) is 5.41 Å². The molecular formula is C27H34N4O4. The van der Waals surface area contributed by atoms with Crippen molar-refractivity contribution in [2.45, 2.75) is 39.5 Å². The molecule has 186 valence electrons. The van der Waals surface area contributed by atoms with Crippen molar-refractivity contribution in [1.82, 2.24) is 9.88 Å². The van der Waals surface area contributed by atoms with Gasteiger partial charge in [-0.2, -0.15) is 4.98 Å². The Labute approximate surface area is 206 Å². The first-order valence-corrected chi connectivity index (χ1v) is 12.6. The average Bonchev–Trinajstić information content (AvgIpc) is 2.86. The lowest BCUT2D eigenvalue weighted by molar-refractivity contribution is -0.116. The van der Waals surface area contributed by atoms with E-state index < -0.39 is 5.41 Å². The number of pyridine rings is 1. The number of hydrogen-bond donors (Lipinski definition) is 1. The fraction of sp³-hybridized carbons (Fsp3) is 0.519. The van der Waals surface area contributed by atoms with Crippen molar-refractivity contribution in [3.8, 4) is 11.6 Å². The number of nitrogens with one attached hydrogen (secondary N) is 1. The fourth-order valence-corrected chi connectivity index (χ4v) is 4.92. The molecule has 5 rings (SSSR count). The van der Waals surface area contributed by atoms with Crippen LogP contribution >= 0.6 is 0 Å². The summed E-state index contributed by atoms with van der Waals surface area (Å²) in [4.78, 5) is 33.9. The first-order chi connectivity index (χ1) is 16.9. The minimum Gasteiger partial charge on any atom is -0.492 e. The third kappa shape index (κ3) is 5.12. The van der Waals surface area contributed by atoms with Gasteiger partial charge in [-0.15, -0.1) is 0 Å². The normalized spacial score (nSPS) is 19.4. The molecule has 0 unspecified atom stereocenters. The maximum absolute atomic E-state index is 13.1. The highest BCUT2D eigenvalue weighted by atomic mass is 16.5. The number of anilines is 2. The number of aryl methyl sites for hydroxylation is 1. The number of unbranched alkanes of at least 4 members (excludes halogenated alkanes) is 1. The van der Waals surface area contributed by atoms with Crippen LogP contribution in [0.2, 0.25) is 0 Å². The quantitative estimate of drug-likeness (QED) is 0.610. The minimum atomic E-state index is -0.491. The second-order valence-corrected chi connectivity index (χ2v) is 10.2. The molecule has 1 saturated heterocycles. The number of carbonyl (C=O) groups is 2. The number of carbonyl (C=O) groups excluding carboxylic acids is 2. The van der Waals surface area contributed by atoms with Gasteiger partial charge in [-0.05, 0) is 63.4 Å². The molecular weight excluding hydrogens is 444 g/mol. The van der Waals surface area contributed by atoms with E-state index in [0.29, 0.717) is 37.1 Å². The van der Waals surface area contributed by atoms with Crippen molar-refractivity contribution in [2.75, 3.05) is 56.2 Å². The van der Waals surface area contributed by atoms with E-state index in [4.69, 9.17) is 9.47 Å². The molecule has 4 heterocycles. The van der Waals surface area contributed by atoms with E-state index in [-0.39, 0.29) is 11.7 Å². The molecule has 2 aromatic rings. The third-order valence-electron chi connectivity index (χ3n) is 7.10. The highest BCUT2D eigenvalue weighted by Crippen LogP contribution is 2.39. The van der Waals surface area contributed by atoms with Crippen molar-refractivity contribution in [3.05, 3.63) is 41.5 Å². The molecule has 3 aliphatic rings. The molecule has 0 saturated carbocycles. The first-order valence-electron chi connectivity index (χ1n) is 12.6. The highest BCUT2D eigenvalue weighted by Gasteiger charge is 2.38. The Morgan fingerprint density at radius 1 is 1.06 bits per heavy atom. The number of rotatable bonds is 7. The molecule has 0 atom stereocenters. The van der Waals surface area contributed by atoms with Gasteiger partial charge in [-0.25, -0.2) is 0 Å². The van der Waals surface area contributed by atoms with Gasteiger partial charge < -0.3 is 19.7 Å². The standard InChI is InChI=1S/C27H34N4O4/c1-27(2)18-35-21-7-5-6-20(24(21)25(27)33)31-15-13-30(14-16-31)12-3-4-17-34-23-11-9-19-8-10-22(32)28-26(19)29-23/h5-7,9,11H,3-4,8,10,12-18H2,1-2H3,(H,28,29,32). The molecule has 1 fully saturated rings. The molecule has 1 N–H and O–H groups in total. The number of aromatic nitrogens is 1. The number of fused-ring (bicyclic) bond motifs is 2. The summed E-state index contributed by atoms with van der Waals surface area (Å²) < 4.78 is 11.7. The van der Waals surface area contributed by atoms with E-state index in [1.807, 2.05) is 38.1 Å². The predicted molar refractivity (Wildman–Crippen MR) is 135 cm³/mol. The van der Waals surface area contributed by atoms with Gasteiger partial charge in [0.25, 0.3) is 0 Å². The average molecular weight is 479 g/mol. The number of ketones is 1. The number of nitrogens with zero attached hydrogens (tertiary/aromatic N) is 3. The lowest BCUT2D eigenvalue weighted by Gasteiger charge is -2.39. The number of hydrogen-bond acceptors (Lipinski definition) is 7. The van der Waals surface area contributed by atoms with Crippen LogP contribution in [-0.2, 0) is 11.2 Å². The van der Waals surface area contributed by atoms with Gasteiger partial charge in [0.2, 0.25) is 11.8 Å². The predicted octanol–water partition coefficient (Wildman–Crippen LogP) is 3.55. The molecule has 3 aliphatic heterocycles. The van der Waals surface area contributed by atoms with Gasteiger partial charge in [0.05, 0.1) is 23.3 Å². The Hall–Kier alpha value is -3.13. The molecule has 1 aromatic heterocycles. The van der Waals surface area contributed by atoms with Crippen LogP contribution in [0.3, 0.4) is 0 Å². The number of benzene rings is 1. The van der Waals surface area contributed by atoms with E-state index >= 15 is 0 Å². The Morgan fingerprint density at radius 2 is 1.89 bits per heavy atom. The van der Waals surface area contributed by atoms with Crippen molar-refractivity contribution in [3.63, 3.8) is 0 Å². The van der Waals surface area contributed by atoms with E-state index in [9.17, 15) is 9.59 Å². The summed E-state index contributed by atoms with van der Waals surface area (Å²) in [6.45, 7) is 9.69. The second kappa shape index (κ2) is 9.85. The van der Waals surface area contributed by atoms with E-state index in [0.717, 1.165) is 68.8 Å². The molecule has 0 bridgehead atoms. The van der Waals surface area contributed by atoms with Crippen LogP contribution in [-0.4, -0.2) is 67.5 Å². The summed E-state index contributed by atoms with van der Waals surface area (Å²) in [7, 11) is 0. The third-order valence-corrected chi connectivity index (χ3v) is 7.10. The molecule has 0 radical (unpaired) electrons. The first kappa shape index (κ1) is 23.6. The van der Waals surface area contributed by atoms with Gasteiger partial charge in [0.15, 0.2) is 5.78 Å². The van der Waals surface area contributed by atoms with E-state index in [1.165, 1.54) is 0 Å². The van der Waals surface area contributed by atoms with Crippen LogP contribution in [0.1, 0.15) is 49.0 Å². The van der Waals surface area contributed by atoms with E-state index in [1.54, 1.807) is 0 Å². The SMILES string of the molecule is CC1(C)COc2cccc(N3CCN(CCCCOc4ccc5c(n4)NC(=O)CC5)CC3)c2C1=O. The van der Waals surface area contributed by atoms with Gasteiger partial charge in [0.1, 0.15) is 18.2 Å². The van der Waals surface area contributed by atoms with Gasteiger partial charge >= 0.3 is 0 Å². The van der Waals surface area contributed by atoms with Crippen molar-refractivity contribution >= 4 is 23.2 Å². The minimum absolute atomic E-state index is 0.0122. The Kier molecular flexibility index (Phi) is 6.65. The van der Waals surface area contributed by atoms with Crippen molar-refractivity contribution < 1.29 is 19.1 Å². The van der Waals surface area contributed by atoms with Gasteiger partial charge in [-0.3, -0.25) is 14.5 Å². The number of ether oxygens (including phenoxy) is 2. The van der Waals surface area contributed by atoms with Crippen LogP contribution in [0.4, 0.5) is 11.5 Å². The summed E-state index contributed by atoms with van der Waals surface area (Å²) in [6.07, 6.45) is 3.24. The lowest BCUT2D eigenvalue weighted by atomic mass is 9.82. The van der Waals surface area contributed by atoms with Crippen LogP contribution in [0.25, 0.3) is 0 Å². The smallest absolute Gasteiger partial charge is 0.225 e. The zero-order valence-electron chi connectivity index (χ0n) is 20.6. The maximum atomic E-state index is 13.1. The number of Topliss-reactive ketones (excluding diaryl/α,β-unsaturated/α-hetero) is 1. The number of piperazine rings is 1. The summed E-state index contributed by atoms with van der Waals surface area (Å²) in [5, 5.41) is 2.82. The van der Waals surface area contributed by atoms with E-state index in [2.05, 4.69) is 26.2 Å². The molecule has 8 heteroatoms. The molecule has 1 amide bonds. The molecule has 1 aromatic carbocycles. The zero-order chi connectivity index (χ0) is 24.4. The fourth-order valence-electron chi connectivity index (χ4n) is 4.92. The molecule has 35 heavy (non-hydrogen) atoms. The van der Waals surface area contributed by atoms with Crippen LogP contribution < -0.4 is 19.7 Å². The van der Waals surface area contributed by atoms with Crippen molar-refractivity contribution in [1.29, 1.82) is 0 Å². The number of amides is 1. The Morgan fingerprint density at radius 3 is 2.71 bits per heavy atom. The summed E-state index contributed by atoms with van der Waals surface area (Å²) in [5.74, 6) is 2.09. The second-order valence-electron chi connectivity index (χ2n) is 10.2. The van der Waals surface area contributed by atoms with Crippen LogP contribution in [0.5, 0.6) is 11.6 Å². The lowest BCUT2D eigenvalue weighted by Crippen LogP contribution is -2.47. The maximum Gasteiger partial charge on any atom is 0.225 e. The monoisotopic (exact) mass is 478 g/mol. The van der Waals surface area contributed by atoms with Gasteiger partial charge in [-0.1, -0.05) is 6.07 Å². The highest BCUT2D eigenvalue weighted by molar-refractivity contribution is 6.08. The van der Waals surface area contributed by atoms with Crippen molar-refractivity contribution in [2.24, 2.45) is 5.41 Å². The molecule has 8 nitrogen and oxygen atoms in total. The largest absolute Gasteiger partial charge is 0.492 e. The topological polar surface area (TPSA) is 84.0 Å². The zero-order valence-corrected chi connectivity index (χ0v) is 20.6.